The summed E-state index contributed by atoms with van der Waals surface area (Å²) in [5.41, 5.74) is 0.362. The molecular formula is C18H21N5O4. The van der Waals surface area contributed by atoms with Crippen LogP contribution in [0.1, 0.15) is 47.0 Å². The molecule has 1 saturated heterocycles. The minimum atomic E-state index is -0.440. The lowest BCUT2D eigenvalue weighted by molar-refractivity contribution is -0.131. The summed E-state index contributed by atoms with van der Waals surface area (Å²) >= 11 is 0. The Morgan fingerprint density at radius 2 is 1.93 bits per heavy atom. The number of nitrogens with one attached hydrogen (secondary N) is 2. The molecule has 9 nitrogen and oxygen atoms in total. The van der Waals surface area contributed by atoms with Crippen LogP contribution >= 0.6 is 0 Å². The Morgan fingerprint density at radius 1 is 1.19 bits per heavy atom. The van der Waals surface area contributed by atoms with Gasteiger partial charge >= 0.3 is 0 Å². The van der Waals surface area contributed by atoms with E-state index < -0.39 is 11.8 Å². The molecule has 3 amide bonds. The molecule has 0 radical (unpaired) electrons. The van der Waals surface area contributed by atoms with Gasteiger partial charge in [0.2, 0.25) is 5.91 Å². The van der Waals surface area contributed by atoms with Crippen molar-refractivity contribution in [2.45, 2.75) is 32.2 Å². The highest BCUT2D eigenvalue weighted by atomic mass is 16.3. The zero-order valence-electron chi connectivity index (χ0n) is 15.0. The number of piperidine rings is 1. The van der Waals surface area contributed by atoms with Crippen molar-refractivity contribution in [2.24, 2.45) is 0 Å². The van der Waals surface area contributed by atoms with E-state index in [2.05, 4.69) is 20.6 Å². The minimum absolute atomic E-state index is 0.0430. The van der Waals surface area contributed by atoms with Crippen molar-refractivity contribution < 1.29 is 18.8 Å². The fraction of sp³-hybridized carbons (Fsp3) is 0.389. The first-order chi connectivity index (χ1) is 13.1. The van der Waals surface area contributed by atoms with Crippen LogP contribution in [0.15, 0.2) is 35.4 Å². The molecular weight excluding hydrogens is 350 g/mol. The fourth-order valence-electron chi connectivity index (χ4n) is 2.92. The number of nitrogens with zero attached hydrogens (tertiary/aromatic N) is 3. The second kappa shape index (κ2) is 8.43. The monoisotopic (exact) mass is 371 g/mol. The van der Waals surface area contributed by atoms with Crippen molar-refractivity contribution in [2.75, 3.05) is 18.4 Å². The SMILES string of the molecule is CCC(=O)N1CCC(NC(=O)c2nccnc2NC(=O)c2ccoc2)CC1. The maximum Gasteiger partial charge on any atom is 0.273 e. The Kier molecular flexibility index (Phi) is 5.80. The van der Waals surface area contributed by atoms with Crippen LogP contribution in [-0.4, -0.2) is 51.7 Å². The number of rotatable bonds is 5. The molecule has 3 heterocycles. The highest BCUT2D eigenvalue weighted by Gasteiger charge is 2.25. The molecule has 0 bridgehead atoms. The lowest BCUT2D eigenvalue weighted by Crippen LogP contribution is -2.46. The molecule has 1 aliphatic rings. The van der Waals surface area contributed by atoms with Gasteiger partial charge in [-0.1, -0.05) is 6.92 Å². The molecule has 0 aliphatic carbocycles. The second-order valence-corrected chi connectivity index (χ2v) is 6.20. The average molecular weight is 371 g/mol. The molecule has 9 heteroatoms. The van der Waals surface area contributed by atoms with Crippen molar-refractivity contribution >= 4 is 23.5 Å². The van der Waals surface area contributed by atoms with E-state index in [0.717, 1.165) is 0 Å². The predicted octanol–water partition coefficient (Wildman–Crippen LogP) is 1.45. The van der Waals surface area contributed by atoms with Gasteiger partial charge < -0.3 is 20.0 Å². The minimum Gasteiger partial charge on any atom is -0.472 e. The van der Waals surface area contributed by atoms with Gasteiger partial charge in [-0.15, -0.1) is 0 Å². The Morgan fingerprint density at radius 3 is 2.59 bits per heavy atom. The number of furan rings is 1. The molecule has 142 valence electrons. The fourth-order valence-corrected chi connectivity index (χ4v) is 2.92. The number of carbonyl (C=O) groups is 3. The zero-order chi connectivity index (χ0) is 19.2. The van der Waals surface area contributed by atoms with Gasteiger partial charge in [-0.05, 0) is 18.9 Å². The van der Waals surface area contributed by atoms with Gasteiger partial charge in [0.05, 0.1) is 11.8 Å². The van der Waals surface area contributed by atoms with Gasteiger partial charge in [-0.3, -0.25) is 14.4 Å². The molecule has 0 spiro atoms. The van der Waals surface area contributed by atoms with Crippen LogP contribution in [0.2, 0.25) is 0 Å². The maximum atomic E-state index is 12.6. The van der Waals surface area contributed by atoms with Crippen LogP contribution in [-0.2, 0) is 4.79 Å². The molecule has 2 aromatic rings. The lowest BCUT2D eigenvalue weighted by Gasteiger charge is -2.32. The molecule has 0 atom stereocenters. The van der Waals surface area contributed by atoms with E-state index >= 15 is 0 Å². The Labute approximate surface area is 156 Å². The molecule has 1 aliphatic heterocycles. The summed E-state index contributed by atoms with van der Waals surface area (Å²) in [6.45, 7) is 3.06. The molecule has 3 rings (SSSR count). The standard InChI is InChI=1S/C18H21N5O4/c1-2-14(24)23-8-3-13(4-9-23)21-18(26)15-16(20-7-6-19-15)22-17(25)12-5-10-27-11-12/h5-7,10-11,13H,2-4,8-9H2,1H3,(H,21,26)(H,20,22,25). The first-order valence-corrected chi connectivity index (χ1v) is 8.81. The van der Waals surface area contributed by atoms with Crippen molar-refractivity contribution in [1.82, 2.24) is 20.2 Å². The van der Waals surface area contributed by atoms with Gasteiger partial charge in [-0.25, -0.2) is 9.97 Å². The summed E-state index contributed by atoms with van der Waals surface area (Å²) in [6, 6.07) is 1.45. The molecule has 2 N–H and O–H groups in total. The van der Waals surface area contributed by atoms with Crippen LogP contribution in [0.5, 0.6) is 0 Å². The number of carbonyl (C=O) groups excluding carboxylic acids is 3. The van der Waals surface area contributed by atoms with E-state index in [-0.39, 0.29) is 23.5 Å². The third-order valence-electron chi connectivity index (χ3n) is 4.41. The summed E-state index contributed by atoms with van der Waals surface area (Å²) in [6.07, 6.45) is 7.31. The highest BCUT2D eigenvalue weighted by Crippen LogP contribution is 2.15. The number of hydrogen-bond acceptors (Lipinski definition) is 6. The number of amides is 3. The van der Waals surface area contributed by atoms with Gasteiger partial charge in [0.25, 0.3) is 11.8 Å². The third kappa shape index (κ3) is 4.49. The quantitative estimate of drug-likeness (QED) is 0.821. The Hall–Kier alpha value is -3.23. The van der Waals surface area contributed by atoms with Gasteiger partial charge in [0.15, 0.2) is 11.5 Å². The summed E-state index contributed by atoms with van der Waals surface area (Å²) in [7, 11) is 0. The summed E-state index contributed by atoms with van der Waals surface area (Å²) < 4.78 is 4.88. The Balaban J connectivity index is 1.62. The first-order valence-electron chi connectivity index (χ1n) is 8.81. The third-order valence-corrected chi connectivity index (χ3v) is 4.41. The van der Waals surface area contributed by atoms with E-state index in [1.54, 1.807) is 0 Å². The van der Waals surface area contributed by atoms with Crippen LogP contribution in [0, 0.1) is 0 Å². The van der Waals surface area contributed by atoms with E-state index in [0.29, 0.717) is 37.9 Å². The number of aromatic nitrogens is 2. The van der Waals surface area contributed by atoms with Crippen LogP contribution in [0.4, 0.5) is 5.82 Å². The topological polar surface area (TPSA) is 117 Å². The predicted molar refractivity (Wildman–Crippen MR) is 96.1 cm³/mol. The van der Waals surface area contributed by atoms with Crippen LogP contribution in [0.3, 0.4) is 0 Å². The van der Waals surface area contributed by atoms with Gasteiger partial charge in [-0.2, -0.15) is 0 Å². The molecule has 0 aromatic carbocycles. The molecule has 1 fully saturated rings. The number of anilines is 1. The molecule has 0 unspecified atom stereocenters. The highest BCUT2D eigenvalue weighted by molar-refractivity contribution is 6.07. The van der Waals surface area contributed by atoms with E-state index in [4.69, 9.17) is 4.42 Å². The van der Waals surface area contributed by atoms with E-state index in [1.807, 2.05) is 11.8 Å². The first kappa shape index (κ1) is 18.6. The molecule has 2 aromatic heterocycles. The molecule has 0 saturated carbocycles. The van der Waals surface area contributed by atoms with Gasteiger partial charge in [0, 0.05) is 37.9 Å². The Bertz CT molecular complexity index is 813. The summed E-state index contributed by atoms with van der Waals surface area (Å²) in [4.78, 5) is 46.4. The van der Waals surface area contributed by atoms with Crippen molar-refractivity contribution in [3.63, 3.8) is 0 Å². The normalized spacial score (nSPS) is 14.6. The zero-order valence-corrected chi connectivity index (χ0v) is 15.0. The summed E-state index contributed by atoms with van der Waals surface area (Å²) in [5, 5.41) is 5.49. The maximum absolute atomic E-state index is 12.6. The van der Waals surface area contributed by atoms with Crippen LogP contribution in [0.25, 0.3) is 0 Å². The number of likely N-dealkylation sites (tertiary alicyclic amines) is 1. The van der Waals surface area contributed by atoms with Crippen LogP contribution < -0.4 is 10.6 Å². The number of hydrogen-bond donors (Lipinski definition) is 2. The largest absolute Gasteiger partial charge is 0.472 e. The lowest BCUT2D eigenvalue weighted by atomic mass is 10.0. The van der Waals surface area contributed by atoms with E-state index in [9.17, 15) is 14.4 Å². The molecule has 27 heavy (non-hydrogen) atoms. The average Bonchev–Trinajstić information content (AvgIpc) is 3.23. The van der Waals surface area contributed by atoms with Crippen molar-refractivity contribution in [3.8, 4) is 0 Å². The van der Waals surface area contributed by atoms with E-state index in [1.165, 1.54) is 31.0 Å². The van der Waals surface area contributed by atoms with Gasteiger partial charge in [0.1, 0.15) is 6.26 Å². The van der Waals surface area contributed by atoms with Crippen molar-refractivity contribution in [3.05, 3.63) is 42.2 Å². The summed E-state index contributed by atoms with van der Waals surface area (Å²) in [5.74, 6) is -0.645. The van der Waals surface area contributed by atoms with Crippen molar-refractivity contribution in [1.29, 1.82) is 0 Å². The smallest absolute Gasteiger partial charge is 0.273 e. The second-order valence-electron chi connectivity index (χ2n) is 6.20.